The van der Waals surface area contributed by atoms with Crippen LogP contribution in [0.1, 0.15) is 17.0 Å². The van der Waals surface area contributed by atoms with E-state index in [2.05, 4.69) is 11.9 Å². The van der Waals surface area contributed by atoms with Gasteiger partial charge < -0.3 is 19.0 Å². The van der Waals surface area contributed by atoms with Gasteiger partial charge in [-0.25, -0.2) is 0 Å². The third-order valence-electron chi connectivity index (χ3n) is 3.95. The summed E-state index contributed by atoms with van der Waals surface area (Å²) in [5.41, 5.74) is 0.635. The average Bonchev–Trinajstić information content (AvgIpc) is 2.82. The van der Waals surface area contributed by atoms with Gasteiger partial charge >= 0.3 is 0 Å². The van der Waals surface area contributed by atoms with Gasteiger partial charge in [-0.2, -0.15) is 0 Å². The molecule has 1 aromatic carbocycles. The number of rotatable bonds is 2. The third kappa shape index (κ3) is 2.74. The van der Waals surface area contributed by atoms with Crippen LogP contribution in [-0.2, 0) is 0 Å². The molecule has 0 saturated carbocycles. The molecule has 0 bridgehead atoms. The van der Waals surface area contributed by atoms with E-state index < -0.39 is 0 Å². The summed E-state index contributed by atoms with van der Waals surface area (Å²) < 4.78 is 11.0. The molecule has 112 valence electrons. The van der Waals surface area contributed by atoms with Crippen LogP contribution in [0.25, 0.3) is 11.0 Å². The first-order chi connectivity index (χ1) is 10.2. The Balaban J connectivity index is 1.87. The minimum Gasteiger partial charge on any atom is -0.493 e. The van der Waals surface area contributed by atoms with E-state index in [0.29, 0.717) is 17.1 Å². The smallest absolute Gasteiger partial charge is 0.289 e. The number of hydrogen-bond acceptors (Lipinski definition) is 4. The van der Waals surface area contributed by atoms with Crippen LogP contribution >= 0.6 is 0 Å². The summed E-state index contributed by atoms with van der Waals surface area (Å²) in [7, 11) is 3.68. The first-order valence-corrected chi connectivity index (χ1v) is 7.23. The lowest BCUT2D eigenvalue weighted by Gasteiger charge is -2.19. The monoisotopic (exact) mass is 288 g/mol. The van der Waals surface area contributed by atoms with Gasteiger partial charge in [-0.3, -0.25) is 4.79 Å². The molecule has 0 N–H and O–H groups in total. The van der Waals surface area contributed by atoms with E-state index in [0.717, 1.165) is 38.0 Å². The molecule has 0 unspecified atom stereocenters. The molecule has 1 aromatic heterocycles. The van der Waals surface area contributed by atoms with Crippen molar-refractivity contribution in [2.24, 2.45) is 0 Å². The van der Waals surface area contributed by atoms with Crippen LogP contribution in [0.3, 0.4) is 0 Å². The van der Waals surface area contributed by atoms with Gasteiger partial charge in [-0.1, -0.05) is 12.1 Å². The van der Waals surface area contributed by atoms with Crippen LogP contribution in [0.15, 0.2) is 28.7 Å². The lowest BCUT2D eigenvalue weighted by molar-refractivity contribution is 0.0733. The number of nitrogens with zero attached hydrogens (tertiary/aromatic N) is 2. The number of methoxy groups -OCH3 is 1. The molecule has 0 spiro atoms. The Morgan fingerprint density at radius 2 is 2.10 bits per heavy atom. The van der Waals surface area contributed by atoms with E-state index in [1.807, 2.05) is 23.1 Å². The van der Waals surface area contributed by atoms with Crippen molar-refractivity contribution in [2.75, 3.05) is 40.3 Å². The standard InChI is InChI=1S/C16H20N2O3/c1-17-7-4-8-18(10-9-17)16(19)14-11-12-5-3-6-13(20-2)15(12)21-14/h3,5-6,11H,4,7-10H2,1-2H3. The molecule has 5 heteroatoms. The van der Waals surface area contributed by atoms with Crippen molar-refractivity contribution < 1.29 is 13.9 Å². The van der Waals surface area contributed by atoms with Crippen LogP contribution in [0.4, 0.5) is 0 Å². The quantitative estimate of drug-likeness (QED) is 0.850. The number of furan rings is 1. The third-order valence-corrected chi connectivity index (χ3v) is 3.95. The molecule has 1 saturated heterocycles. The van der Waals surface area contributed by atoms with E-state index in [4.69, 9.17) is 9.15 Å². The van der Waals surface area contributed by atoms with Gasteiger partial charge in [0.05, 0.1) is 7.11 Å². The highest BCUT2D eigenvalue weighted by Gasteiger charge is 2.22. The molecule has 0 aliphatic carbocycles. The minimum absolute atomic E-state index is 0.0384. The van der Waals surface area contributed by atoms with Crippen molar-refractivity contribution in [3.63, 3.8) is 0 Å². The number of likely N-dealkylation sites (N-methyl/N-ethyl adjacent to an activating group) is 1. The van der Waals surface area contributed by atoms with Crippen LogP contribution in [0.5, 0.6) is 5.75 Å². The Labute approximate surface area is 124 Å². The number of carbonyl (C=O) groups is 1. The lowest BCUT2D eigenvalue weighted by Crippen LogP contribution is -2.34. The van der Waals surface area contributed by atoms with Crippen LogP contribution < -0.4 is 4.74 Å². The van der Waals surface area contributed by atoms with Gasteiger partial charge in [-0.05, 0) is 32.1 Å². The molecular formula is C16H20N2O3. The summed E-state index contributed by atoms with van der Waals surface area (Å²) in [6.45, 7) is 3.44. The molecule has 1 aliphatic heterocycles. The zero-order chi connectivity index (χ0) is 14.8. The molecule has 1 fully saturated rings. The van der Waals surface area contributed by atoms with Gasteiger partial charge in [0.25, 0.3) is 5.91 Å². The Morgan fingerprint density at radius 1 is 1.24 bits per heavy atom. The first kappa shape index (κ1) is 13.9. The molecule has 2 aromatic rings. The molecule has 1 amide bonds. The Morgan fingerprint density at radius 3 is 2.90 bits per heavy atom. The van der Waals surface area contributed by atoms with Gasteiger partial charge in [0.1, 0.15) is 0 Å². The average molecular weight is 288 g/mol. The summed E-state index contributed by atoms with van der Waals surface area (Å²) in [4.78, 5) is 16.7. The number of amides is 1. The fraction of sp³-hybridized carbons (Fsp3) is 0.438. The summed E-state index contributed by atoms with van der Waals surface area (Å²) in [6, 6.07) is 7.45. The maximum absolute atomic E-state index is 12.6. The molecular weight excluding hydrogens is 268 g/mol. The number of benzene rings is 1. The SMILES string of the molecule is COc1cccc2cc(C(=O)N3CCCN(C)CC3)oc12. The number of fused-ring (bicyclic) bond motifs is 1. The number of hydrogen-bond donors (Lipinski definition) is 0. The van der Waals surface area contributed by atoms with Crippen molar-refractivity contribution in [1.82, 2.24) is 9.80 Å². The molecule has 3 rings (SSSR count). The van der Waals surface area contributed by atoms with Gasteiger partial charge in [0, 0.05) is 25.0 Å². The molecule has 21 heavy (non-hydrogen) atoms. The van der Waals surface area contributed by atoms with Gasteiger partial charge in [0.2, 0.25) is 0 Å². The Bertz CT molecular complexity index is 650. The predicted molar refractivity (Wildman–Crippen MR) is 80.8 cm³/mol. The molecule has 5 nitrogen and oxygen atoms in total. The van der Waals surface area contributed by atoms with Crippen LogP contribution in [0.2, 0.25) is 0 Å². The van der Waals surface area contributed by atoms with Crippen LogP contribution in [0, 0.1) is 0 Å². The number of ether oxygens (including phenoxy) is 1. The summed E-state index contributed by atoms with van der Waals surface area (Å²) >= 11 is 0. The molecule has 1 aliphatic rings. The summed E-state index contributed by atoms with van der Waals surface area (Å²) in [6.07, 6.45) is 0.992. The number of carbonyl (C=O) groups excluding carboxylic acids is 1. The molecule has 0 radical (unpaired) electrons. The van der Waals surface area contributed by atoms with E-state index in [1.165, 1.54) is 0 Å². The van der Waals surface area contributed by atoms with Crippen molar-refractivity contribution in [2.45, 2.75) is 6.42 Å². The van der Waals surface area contributed by atoms with E-state index in [-0.39, 0.29) is 5.91 Å². The highest BCUT2D eigenvalue weighted by Crippen LogP contribution is 2.29. The van der Waals surface area contributed by atoms with Crippen molar-refractivity contribution in [3.8, 4) is 5.75 Å². The fourth-order valence-electron chi connectivity index (χ4n) is 2.71. The van der Waals surface area contributed by atoms with E-state index in [9.17, 15) is 4.79 Å². The van der Waals surface area contributed by atoms with Gasteiger partial charge in [-0.15, -0.1) is 0 Å². The van der Waals surface area contributed by atoms with Crippen LogP contribution in [-0.4, -0.2) is 56.0 Å². The van der Waals surface area contributed by atoms with Crippen molar-refractivity contribution in [1.29, 1.82) is 0 Å². The zero-order valence-electron chi connectivity index (χ0n) is 12.5. The molecule has 0 atom stereocenters. The largest absolute Gasteiger partial charge is 0.493 e. The molecule has 2 heterocycles. The highest BCUT2D eigenvalue weighted by atomic mass is 16.5. The second-order valence-electron chi connectivity index (χ2n) is 5.44. The van der Waals surface area contributed by atoms with E-state index >= 15 is 0 Å². The topological polar surface area (TPSA) is 45.9 Å². The second-order valence-corrected chi connectivity index (χ2v) is 5.44. The maximum atomic E-state index is 12.6. The normalized spacial score (nSPS) is 17.0. The summed E-state index contributed by atoms with van der Waals surface area (Å²) in [5.74, 6) is 1.00. The van der Waals surface area contributed by atoms with Crippen molar-refractivity contribution >= 4 is 16.9 Å². The predicted octanol–water partition coefficient (Wildman–Crippen LogP) is 2.22. The lowest BCUT2D eigenvalue weighted by atomic mass is 10.2. The highest BCUT2D eigenvalue weighted by molar-refractivity contribution is 5.97. The van der Waals surface area contributed by atoms with Gasteiger partial charge in [0.15, 0.2) is 17.1 Å². The zero-order valence-corrected chi connectivity index (χ0v) is 12.5. The summed E-state index contributed by atoms with van der Waals surface area (Å²) in [5, 5.41) is 0.893. The second kappa shape index (κ2) is 5.77. The fourth-order valence-corrected chi connectivity index (χ4v) is 2.71. The first-order valence-electron chi connectivity index (χ1n) is 7.23. The van der Waals surface area contributed by atoms with E-state index in [1.54, 1.807) is 13.2 Å². The Hall–Kier alpha value is -2.01. The number of para-hydroxylation sites is 1. The van der Waals surface area contributed by atoms with Crippen molar-refractivity contribution in [3.05, 3.63) is 30.0 Å². The minimum atomic E-state index is -0.0384. The Kier molecular flexibility index (Phi) is 3.84. The maximum Gasteiger partial charge on any atom is 0.289 e.